The summed E-state index contributed by atoms with van der Waals surface area (Å²) >= 11 is 0. The molecule has 0 spiro atoms. The minimum Gasteiger partial charge on any atom is -0.496 e. The Morgan fingerprint density at radius 1 is 0.920 bits per heavy atom. The van der Waals surface area contributed by atoms with Gasteiger partial charge in [0.15, 0.2) is 11.6 Å². The van der Waals surface area contributed by atoms with Gasteiger partial charge in [0.1, 0.15) is 17.9 Å². The van der Waals surface area contributed by atoms with Gasteiger partial charge in [-0.3, -0.25) is 0 Å². The summed E-state index contributed by atoms with van der Waals surface area (Å²) in [5.41, 5.74) is 0.863. The largest absolute Gasteiger partial charge is 0.496 e. The van der Waals surface area contributed by atoms with Crippen LogP contribution in [0.3, 0.4) is 0 Å². The zero-order chi connectivity index (χ0) is 17.8. The van der Waals surface area contributed by atoms with Crippen LogP contribution in [0.25, 0.3) is 10.8 Å². The second-order valence-corrected chi connectivity index (χ2v) is 5.44. The predicted molar refractivity (Wildman–Crippen MR) is 92.6 cm³/mol. The molecule has 0 saturated carbocycles. The Morgan fingerprint density at radius 2 is 1.60 bits per heavy atom. The summed E-state index contributed by atoms with van der Waals surface area (Å²) in [4.78, 5) is 12.4. The molecule has 4 nitrogen and oxygen atoms in total. The number of rotatable bonds is 5. The van der Waals surface area contributed by atoms with Crippen molar-refractivity contribution in [1.82, 2.24) is 0 Å². The third-order valence-electron chi connectivity index (χ3n) is 3.87. The summed E-state index contributed by atoms with van der Waals surface area (Å²) in [7, 11) is 2.89. The number of hydrogen-bond donors (Lipinski definition) is 0. The van der Waals surface area contributed by atoms with Crippen LogP contribution in [0, 0.1) is 5.82 Å². The van der Waals surface area contributed by atoms with E-state index < -0.39 is 11.8 Å². The fraction of sp³-hybridized carbons (Fsp3) is 0.150. The molecule has 3 aromatic carbocycles. The number of hydrogen-bond acceptors (Lipinski definition) is 4. The fourth-order valence-corrected chi connectivity index (χ4v) is 2.57. The van der Waals surface area contributed by atoms with Crippen LogP contribution in [0.15, 0.2) is 54.6 Å². The SMILES string of the molecule is COc1ccc(COC(=O)c2cc3ccccc3cc2OC)cc1F. The highest BCUT2D eigenvalue weighted by Crippen LogP contribution is 2.27. The molecule has 0 unspecified atom stereocenters. The highest BCUT2D eigenvalue weighted by molar-refractivity contribution is 5.98. The van der Waals surface area contributed by atoms with Gasteiger partial charge in [0.2, 0.25) is 0 Å². The molecule has 5 heteroatoms. The van der Waals surface area contributed by atoms with Crippen molar-refractivity contribution < 1.29 is 23.4 Å². The van der Waals surface area contributed by atoms with Crippen molar-refractivity contribution in [2.24, 2.45) is 0 Å². The quantitative estimate of drug-likeness (QED) is 0.648. The lowest BCUT2D eigenvalue weighted by molar-refractivity contribution is 0.0469. The molecule has 0 amide bonds. The fourth-order valence-electron chi connectivity index (χ4n) is 2.57. The van der Waals surface area contributed by atoms with Gasteiger partial charge in [0.25, 0.3) is 0 Å². The molecule has 0 aliphatic carbocycles. The minimum atomic E-state index is -0.529. The highest BCUT2D eigenvalue weighted by Gasteiger charge is 2.15. The van der Waals surface area contributed by atoms with Crippen LogP contribution in [0.1, 0.15) is 15.9 Å². The number of carbonyl (C=O) groups excluding carboxylic acids is 1. The Balaban J connectivity index is 1.81. The maximum absolute atomic E-state index is 13.7. The summed E-state index contributed by atoms with van der Waals surface area (Å²) in [5.74, 6) is -0.450. The second kappa shape index (κ2) is 7.21. The van der Waals surface area contributed by atoms with E-state index in [0.717, 1.165) is 10.8 Å². The van der Waals surface area contributed by atoms with E-state index in [4.69, 9.17) is 14.2 Å². The molecule has 0 heterocycles. The van der Waals surface area contributed by atoms with Crippen LogP contribution in [0.2, 0.25) is 0 Å². The molecule has 0 fully saturated rings. The third kappa shape index (κ3) is 3.55. The first kappa shape index (κ1) is 16.8. The lowest BCUT2D eigenvalue weighted by Crippen LogP contribution is -2.07. The van der Waals surface area contributed by atoms with Gasteiger partial charge < -0.3 is 14.2 Å². The van der Waals surface area contributed by atoms with Gasteiger partial charge >= 0.3 is 5.97 Å². The molecule has 0 N–H and O–H groups in total. The van der Waals surface area contributed by atoms with Gasteiger partial charge in [-0.05, 0) is 40.6 Å². The molecule has 0 aliphatic rings. The number of fused-ring (bicyclic) bond motifs is 1. The summed E-state index contributed by atoms with van der Waals surface area (Å²) in [6.07, 6.45) is 0. The van der Waals surface area contributed by atoms with Gasteiger partial charge in [0, 0.05) is 0 Å². The van der Waals surface area contributed by atoms with Gasteiger partial charge in [0.05, 0.1) is 14.2 Å². The molecule has 0 radical (unpaired) electrons. The van der Waals surface area contributed by atoms with Crippen molar-refractivity contribution in [1.29, 1.82) is 0 Å². The van der Waals surface area contributed by atoms with E-state index in [1.54, 1.807) is 18.2 Å². The van der Waals surface area contributed by atoms with Crippen molar-refractivity contribution in [3.05, 3.63) is 71.5 Å². The lowest BCUT2D eigenvalue weighted by atomic mass is 10.1. The van der Waals surface area contributed by atoms with Crippen LogP contribution >= 0.6 is 0 Å². The monoisotopic (exact) mass is 340 g/mol. The first-order valence-electron chi connectivity index (χ1n) is 7.68. The van der Waals surface area contributed by atoms with Crippen molar-refractivity contribution >= 4 is 16.7 Å². The molecule has 3 aromatic rings. The third-order valence-corrected chi connectivity index (χ3v) is 3.87. The van der Waals surface area contributed by atoms with E-state index >= 15 is 0 Å². The van der Waals surface area contributed by atoms with Gasteiger partial charge in [-0.25, -0.2) is 9.18 Å². The molecular weight excluding hydrogens is 323 g/mol. The Bertz CT molecular complexity index is 921. The molecule has 25 heavy (non-hydrogen) atoms. The summed E-state index contributed by atoms with van der Waals surface area (Å²) < 4.78 is 29.2. The summed E-state index contributed by atoms with van der Waals surface area (Å²) in [6.45, 7) is -0.0459. The average molecular weight is 340 g/mol. The van der Waals surface area contributed by atoms with Gasteiger partial charge in [-0.2, -0.15) is 0 Å². The zero-order valence-corrected chi connectivity index (χ0v) is 13.9. The zero-order valence-electron chi connectivity index (χ0n) is 13.9. The number of carbonyl (C=O) groups is 1. The molecule has 0 aromatic heterocycles. The van der Waals surface area contributed by atoms with E-state index in [9.17, 15) is 9.18 Å². The van der Waals surface area contributed by atoms with E-state index in [2.05, 4.69) is 0 Å². The smallest absolute Gasteiger partial charge is 0.342 e. The van der Waals surface area contributed by atoms with E-state index in [-0.39, 0.29) is 12.4 Å². The Morgan fingerprint density at radius 3 is 2.24 bits per heavy atom. The molecule has 3 rings (SSSR count). The molecule has 0 bridgehead atoms. The summed E-state index contributed by atoms with van der Waals surface area (Å²) in [6, 6.07) is 15.6. The molecule has 0 aliphatic heterocycles. The number of methoxy groups -OCH3 is 2. The van der Waals surface area contributed by atoms with Crippen LogP contribution in [-0.2, 0) is 11.3 Å². The van der Waals surface area contributed by atoms with Crippen molar-refractivity contribution in [2.45, 2.75) is 6.61 Å². The molecule has 128 valence electrons. The maximum atomic E-state index is 13.7. The minimum absolute atomic E-state index is 0.0459. The average Bonchev–Trinajstić information content (AvgIpc) is 2.65. The second-order valence-electron chi connectivity index (χ2n) is 5.44. The van der Waals surface area contributed by atoms with Crippen molar-refractivity contribution in [2.75, 3.05) is 14.2 Å². The Labute approximate surface area is 144 Å². The normalized spacial score (nSPS) is 10.5. The van der Waals surface area contributed by atoms with Gasteiger partial charge in [-0.1, -0.05) is 30.3 Å². The standard InChI is InChI=1S/C20H17FO4/c1-23-18-8-7-13(9-17(18)21)12-25-20(22)16-10-14-5-3-4-6-15(14)11-19(16)24-2/h3-11H,12H2,1-2H3. The van der Waals surface area contributed by atoms with Crippen LogP contribution in [-0.4, -0.2) is 20.2 Å². The van der Waals surface area contributed by atoms with Crippen LogP contribution in [0.4, 0.5) is 4.39 Å². The van der Waals surface area contributed by atoms with Crippen LogP contribution in [0.5, 0.6) is 11.5 Å². The summed E-state index contributed by atoms with van der Waals surface area (Å²) in [5, 5.41) is 1.87. The van der Waals surface area contributed by atoms with Gasteiger partial charge in [-0.15, -0.1) is 0 Å². The van der Waals surface area contributed by atoms with Crippen LogP contribution < -0.4 is 9.47 Å². The topological polar surface area (TPSA) is 44.8 Å². The molecule has 0 atom stereocenters. The molecule has 0 saturated heterocycles. The van der Waals surface area contributed by atoms with Crippen molar-refractivity contribution in [3.8, 4) is 11.5 Å². The van der Waals surface area contributed by atoms with E-state index in [1.807, 2.05) is 24.3 Å². The molecular formula is C20H17FO4. The first-order chi connectivity index (χ1) is 12.1. The number of esters is 1. The highest BCUT2D eigenvalue weighted by atomic mass is 19.1. The number of ether oxygens (including phenoxy) is 3. The number of halogens is 1. The Hall–Kier alpha value is -3.08. The van der Waals surface area contributed by atoms with E-state index in [1.165, 1.54) is 26.4 Å². The predicted octanol–water partition coefficient (Wildman–Crippen LogP) is 4.35. The maximum Gasteiger partial charge on any atom is 0.342 e. The van der Waals surface area contributed by atoms with E-state index in [0.29, 0.717) is 16.9 Å². The Kier molecular flexibility index (Phi) is 4.84. The lowest BCUT2D eigenvalue weighted by Gasteiger charge is -2.11. The van der Waals surface area contributed by atoms with Crippen molar-refractivity contribution in [3.63, 3.8) is 0 Å². The number of benzene rings is 3. The first-order valence-corrected chi connectivity index (χ1v) is 7.68.